The smallest absolute Gasteiger partial charge is 0.204 e. The van der Waals surface area contributed by atoms with Gasteiger partial charge in [0, 0.05) is 6.72 Å². The fraction of sp³-hybridized carbons (Fsp3) is 0.667. The molecule has 0 amide bonds. The van der Waals surface area contributed by atoms with Crippen molar-refractivity contribution in [2.75, 3.05) is 5.75 Å². The van der Waals surface area contributed by atoms with Gasteiger partial charge in [-0.25, -0.2) is 8.42 Å². The average molecular weight is 175 g/mol. The van der Waals surface area contributed by atoms with Gasteiger partial charge in [-0.2, -0.15) is 17.6 Å². The van der Waals surface area contributed by atoms with Crippen LogP contribution in [-0.2, 0) is 10.0 Å². The van der Waals surface area contributed by atoms with Crippen molar-refractivity contribution >= 4 is 16.7 Å². The van der Waals surface area contributed by atoms with Crippen LogP contribution in [0, 0.1) is 0 Å². The minimum atomic E-state index is -4.74. The van der Waals surface area contributed by atoms with E-state index in [0.717, 1.165) is 0 Å². The van der Waals surface area contributed by atoms with Crippen molar-refractivity contribution in [3.63, 3.8) is 0 Å². The molecule has 0 atom stereocenters. The van der Waals surface area contributed by atoms with E-state index in [0.29, 0.717) is 0 Å². The Morgan fingerprint density at radius 3 is 1.90 bits per heavy atom. The van der Waals surface area contributed by atoms with Gasteiger partial charge in [0.05, 0.1) is 0 Å². The Balaban J connectivity index is 4.32. The van der Waals surface area contributed by atoms with E-state index >= 15 is 0 Å². The van der Waals surface area contributed by atoms with Gasteiger partial charge in [-0.15, -0.1) is 0 Å². The molecule has 0 aromatic carbocycles. The maximum Gasteiger partial charge on any atom is 0.404 e. The van der Waals surface area contributed by atoms with Gasteiger partial charge < -0.3 is 0 Å². The molecule has 60 valence electrons. The molecule has 0 N–H and O–H groups in total. The molecule has 3 nitrogen and oxygen atoms in total. The van der Waals surface area contributed by atoms with Crippen molar-refractivity contribution in [3.05, 3.63) is 0 Å². The van der Waals surface area contributed by atoms with Gasteiger partial charge in [-0.1, -0.05) is 0 Å². The van der Waals surface area contributed by atoms with E-state index in [9.17, 15) is 21.6 Å². The standard InChI is InChI=1S/C3H4F3NO2S/c1-7-10(8,9)2-3(4,5)6/h1-2H2. The summed E-state index contributed by atoms with van der Waals surface area (Å²) in [5.74, 6) is -1.94. The molecule has 0 bridgehead atoms. The number of nitrogens with zero attached hydrogens (tertiary/aromatic N) is 1. The largest absolute Gasteiger partial charge is 0.404 e. The monoisotopic (exact) mass is 175 g/mol. The summed E-state index contributed by atoms with van der Waals surface area (Å²) in [6.45, 7) is 2.48. The number of rotatable bonds is 2. The van der Waals surface area contributed by atoms with Crippen molar-refractivity contribution in [1.82, 2.24) is 0 Å². The SMILES string of the molecule is C=NS(=O)(=O)CC(F)(F)F. The van der Waals surface area contributed by atoms with Gasteiger partial charge in [0.2, 0.25) is 0 Å². The Bertz CT molecular complexity index is 216. The normalized spacial score (nSPS) is 13.1. The van der Waals surface area contributed by atoms with E-state index in [1.165, 1.54) is 0 Å². The Morgan fingerprint density at radius 1 is 1.40 bits per heavy atom. The highest BCUT2D eigenvalue weighted by Gasteiger charge is 2.34. The second-order valence-corrected chi connectivity index (χ2v) is 3.18. The molecule has 0 fully saturated rings. The predicted molar refractivity (Wildman–Crippen MR) is 29.4 cm³/mol. The van der Waals surface area contributed by atoms with Gasteiger partial charge in [-0.3, -0.25) is 0 Å². The molecule has 0 unspecified atom stereocenters. The summed E-state index contributed by atoms with van der Waals surface area (Å²) in [6.07, 6.45) is -4.74. The molecule has 10 heavy (non-hydrogen) atoms. The summed E-state index contributed by atoms with van der Waals surface area (Å²) in [7, 11) is -4.39. The quantitative estimate of drug-likeness (QED) is 0.576. The number of halogens is 3. The molecule has 0 aliphatic heterocycles. The lowest BCUT2D eigenvalue weighted by Gasteiger charge is -2.01. The molecule has 0 aromatic heterocycles. The third-order valence-corrected chi connectivity index (χ3v) is 1.63. The lowest BCUT2D eigenvalue weighted by Crippen LogP contribution is -2.20. The van der Waals surface area contributed by atoms with Crippen molar-refractivity contribution in [3.8, 4) is 0 Å². The third kappa shape index (κ3) is 4.30. The summed E-state index contributed by atoms with van der Waals surface area (Å²) >= 11 is 0. The molecular weight excluding hydrogens is 171 g/mol. The molecule has 0 saturated heterocycles. The van der Waals surface area contributed by atoms with Crippen molar-refractivity contribution in [1.29, 1.82) is 0 Å². The summed E-state index contributed by atoms with van der Waals surface area (Å²) < 4.78 is 56.3. The molecule has 0 aromatic rings. The summed E-state index contributed by atoms with van der Waals surface area (Å²) in [4.78, 5) is 0. The number of hydrogen-bond acceptors (Lipinski definition) is 2. The van der Waals surface area contributed by atoms with Crippen LogP contribution in [0.15, 0.2) is 4.40 Å². The van der Waals surface area contributed by atoms with Crippen LogP contribution in [0.25, 0.3) is 0 Å². The Kier molecular flexibility index (Phi) is 2.42. The first-order valence-electron chi connectivity index (χ1n) is 2.04. The van der Waals surface area contributed by atoms with Crippen LogP contribution in [0.1, 0.15) is 0 Å². The zero-order valence-electron chi connectivity index (χ0n) is 4.72. The van der Waals surface area contributed by atoms with Crippen molar-refractivity contribution in [2.24, 2.45) is 4.40 Å². The highest BCUT2D eigenvalue weighted by molar-refractivity contribution is 7.90. The van der Waals surface area contributed by atoms with Gasteiger partial charge in [0.1, 0.15) is 0 Å². The van der Waals surface area contributed by atoms with Crippen LogP contribution in [0.3, 0.4) is 0 Å². The highest BCUT2D eigenvalue weighted by atomic mass is 32.2. The van der Waals surface area contributed by atoms with E-state index in [1.54, 1.807) is 0 Å². The maximum atomic E-state index is 11.3. The molecule has 0 rings (SSSR count). The van der Waals surface area contributed by atoms with Crippen LogP contribution >= 0.6 is 0 Å². The fourth-order valence-electron chi connectivity index (χ4n) is 0.252. The number of hydrogen-bond donors (Lipinski definition) is 0. The average Bonchev–Trinajstić information content (AvgIpc) is 1.60. The van der Waals surface area contributed by atoms with Gasteiger partial charge in [0.25, 0.3) is 10.0 Å². The van der Waals surface area contributed by atoms with Crippen LogP contribution < -0.4 is 0 Å². The van der Waals surface area contributed by atoms with Gasteiger partial charge in [-0.05, 0) is 0 Å². The maximum absolute atomic E-state index is 11.3. The highest BCUT2D eigenvalue weighted by Crippen LogP contribution is 2.17. The van der Waals surface area contributed by atoms with Crippen LogP contribution in [0.2, 0.25) is 0 Å². The zero-order valence-corrected chi connectivity index (χ0v) is 5.54. The molecule has 0 heterocycles. The molecule has 0 spiro atoms. The van der Waals surface area contributed by atoms with E-state index in [1.807, 2.05) is 0 Å². The van der Waals surface area contributed by atoms with E-state index in [4.69, 9.17) is 0 Å². The first kappa shape index (κ1) is 9.41. The molecule has 0 saturated carbocycles. The summed E-state index contributed by atoms with van der Waals surface area (Å²) in [5, 5.41) is 0. The first-order valence-corrected chi connectivity index (χ1v) is 3.65. The summed E-state index contributed by atoms with van der Waals surface area (Å²) in [6, 6.07) is 0. The van der Waals surface area contributed by atoms with E-state index in [2.05, 4.69) is 11.1 Å². The number of alkyl halides is 3. The number of sulfonamides is 1. The lowest BCUT2D eigenvalue weighted by molar-refractivity contribution is -0.106. The van der Waals surface area contributed by atoms with E-state index < -0.39 is 22.0 Å². The Labute approximate surface area is 55.6 Å². The van der Waals surface area contributed by atoms with Gasteiger partial charge >= 0.3 is 6.18 Å². The molecule has 0 radical (unpaired) electrons. The molecular formula is C3H4F3NO2S. The Hall–Kier alpha value is -0.590. The second-order valence-electron chi connectivity index (χ2n) is 1.47. The third-order valence-electron chi connectivity index (χ3n) is 0.543. The minimum absolute atomic E-state index is 1.94. The second kappa shape index (κ2) is 2.57. The van der Waals surface area contributed by atoms with E-state index in [-0.39, 0.29) is 0 Å². The zero-order chi connectivity index (χ0) is 8.41. The van der Waals surface area contributed by atoms with Crippen molar-refractivity contribution < 1.29 is 21.6 Å². The van der Waals surface area contributed by atoms with Crippen LogP contribution in [-0.4, -0.2) is 27.1 Å². The van der Waals surface area contributed by atoms with Gasteiger partial charge in [0.15, 0.2) is 5.75 Å². The molecule has 0 aliphatic carbocycles. The minimum Gasteiger partial charge on any atom is -0.204 e. The van der Waals surface area contributed by atoms with Crippen LogP contribution in [0.5, 0.6) is 0 Å². The predicted octanol–water partition coefficient (Wildman–Crippen LogP) is 0.579. The molecule has 0 aliphatic rings. The topological polar surface area (TPSA) is 46.5 Å². The molecule has 7 heteroatoms. The van der Waals surface area contributed by atoms with Crippen molar-refractivity contribution in [2.45, 2.75) is 6.18 Å². The fourth-order valence-corrected chi connectivity index (χ4v) is 0.757. The first-order chi connectivity index (χ1) is 4.27. The summed E-state index contributed by atoms with van der Waals surface area (Å²) in [5.41, 5.74) is 0. The van der Waals surface area contributed by atoms with Crippen LogP contribution in [0.4, 0.5) is 13.2 Å². The lowest BCUT2D eigenvalue weighted by atomic mass is 10.8. The Morgan fingerprint density at radius 2 is 1.80 bits per heavy atom.